The van der Waals surface area contributed by atoms with Gasteiger partial charge < -0.3 is 14.1 Å². The summed E-state index contributed by atoms with van der Waals surface area (Å²) in [5.74, 6) is 0.270. The fraction of sp³-hybridized carbons (Fsp3) is 0.273. The molecule has 0 saturated carbocycles. The first kappa shape index (κ1) is 18.7. The van der Waals surface area contributed by atoms with Crippen LogP contribution in [0.25, 0.3) is 11.0 Å². The van der Waals surface area contributed by atoms with Crippen molar-refractivity contribution >= 4 is 22.6 Å². The minimum atomic E-state index is -0.647. The molecule has 0 radical (unpaired) electrons. The average Bonchev–Trinajstić information content (AvgIpc) is 2.66. The van der Waals surface area contributed by atoms with Crippen molar-refractivity contribution in [1.82, 2.24) is 0 Å². The molecule has 0 saturated heterocycles. The number of anilines is 1. The van der Waals surface area contributed by atoms with Crippen LogP contribution in [0.1, 0.15) is 36.2 Å². The van der Waals surface area contributed by atoms with Gasteiger partial charge in [0.05, 0.1) is 6.61 Å². The third kappa shape index (κ3) is 4.03. The zero-order valence-electron chi connectivity index (χ0n) is 15.8. The quantitative estimate of drug-likeness (QED) is 0.601. The summed E-state index contributed by atoms with van der Waals surface area (Å²) in [5, 5.41) is 0.682. The van der Waals surface area contributed by atoms with Gasteiger partial charge in [-0.1, -0.05) is 19.1 Å². The first-order valence-corrected chi connectivity index (χ1v) is 9.12. The molecule has 1 amide bonds. The maximum absolute atomic E-state index is 13.0. The predicted octanol–water partition coefficient (Wildman–Crippen LogP) is 4.56. The lowest BCUT2D eigenvalue weighted by molar-refractivity contribution is 0.0985. The van der Waals surface area contributed by atoms with E-state index in [0.717, 1.165) is 17.7 Å². The molecule has 0 aliphatic rings. The van der Waals surface area contributed by atoms with E-state index in [4.69, 9.17) is 9.15 Å². The van der Waals surface area contributed by atoms with Gasteiger partial charge in [-0.05, 0) is 56.2 Å². The van der Waals surface area contributed by atoms with E-state index >= 15 is 0 Å². The van der Waals surface area contributed by atoms with Crippen molar-refractivity contribution in [2.75, 3.05) is 18.1 Å². The zero-order chi connectivity index (χ0) is 19.4. The topological polar surface area (TPSA) is 59.8 Å². The second kappa shape index (κ2) is 8.08. The molecule has 1 heterocycles. The lowest BCUT2D eigenvalue weighted by atomic mass is 10.1. The van der Waals surface area contributed by atoms with E-state index in [1.54, 1.807) is 23.1 Å². The van der Waals surface area contributed by atoms with Crippen molar-refractivity contribution in [3.8, 4) is 5.75 Å². The molecule has 140 valence electrons. The molecule has 0 unspecified atom stereocenters. The number of carbonyl (C=O) groups is 1. The summed E-state index contributed by atoms with van der Waals surface area (Å²) < 4.78 is 11.0. The number of hydrogen-bond acceptors (Lipinski definition) is 4. The van der Waals surface area contributed by atoms with Crippen LogP contribution in [0.3, 0.4) is 0 Å². The SMILES string of the molecule is CCCOc1ccc2cc(C(=O)N(CC)c3cccc(C)c3)c(=O)oc2c1. The average molecular weight is 365 g/mol. The number of ether oxygens (including phenoxy) is 1. The lowest BCUT2D eigenvalue weighted by Gasteiger charge is -2.21. The van der Waals surface area contributed by atoms with E-state index in [-0.39, 0.29) is 11.5 Å². The van der Waals surface area contributed by atoms with E-state index in [9.17, 15) is 9.59 Å². The third-order valence-corrected chi connectivity index (χ3v) is 4.29. The van der Waals surface area contributed by atoms with Crippen molar-refractivity contribution in [2.24, 2.45) is 0 Å². The Hall–Kier alpha value is -3.08. The molecule has 1 aromatic heterocycles. The number of fused-ring (bicyclic) bond motifs is 1. The molecule has 2 aromatic carbocycles. The maximum atomic E-state index is 13.0. The van der Waals surface area contributed by atoms with Crippen LogP contribution >= 0.6 is 0 Å². The molecule has 0 spiro atoms. The molecular formula is C22H23NO4. The standard InChI is InChI=1S/C22H23NO4/c1-4-11-26-18-10-9-16-13-19(22(25)27-20(16)14-18)21(24)23(5-2)17-8-6-7-15(3)12-17/h6-10,12-14H,4-5,11H2,1-3H3. The Bertz CT molecular complexity index is 1020. The summed E-state index contributed by atoms with van der Waals surface area (Å²) in [6.07, 6.45) is 0.890. The van der Waals surface area contributed by atoms with Crippen LogP contribution in [-0.4, -0.2) is 19.1 Å². The predicted molar refractivity (Wildman–Crippen MR) is 107 cm³/mol. The van der Waals surface area contributed by atoms with Gasteiger partial charge in [0.2, 0.25) is 0 Å². The van der Waals surface area contributed by atoms with Crippen molar-refractivity contribution in [3.05, 3.63) is 70.1 Å². The van der Waals surface area contributed by atoms with Gasteiger partial charge in [0.25, 0.3) is 5.91 Å². The van der Waals surface area contributed by atoms with Crippen LogP contribution in [0.15, 0.2) is 57.7 Å². The Morgan fingerprint density at radius 2 is 1.93 bits per heavy atom. The number of aryl methyl sites for hydroxylation is 1. The molecule has 0 fully saturated rings. The highest BCUT2D eigenvalue weighted by Crippen LogP contribution is 2.23. The highest BCUT2D eigenvalue weighted by Gasteiger charge is 2.21. The molecule has 0 atom stereocenters. The van der Waals surface area contributed by atoms with Gasteiger partial charge in [-0.15, -0.1) is 0 Å². The second-order valence-electron chi connectivity index (χ2n) is 6.38. The van der Waals surface area contributed by atoms with E-state index in [2.05, 4.69) is 0 Å². The molecule has 5 nitrogen and oxygen atoms in total. The van der Waals surface area contributed by atoms with Crippen molar-refractivity contribution in [1.29, 1.82) is 0 Å². The highest BCUT2D eigenvalue weighted by atomic mass is 16.5. The van der Waals surface area contributed by atoms with Crippen LogP contribution in [0, 0.1) is 6.92 Å². The fourth-order valence-electron chi connectivity index (χ4n) is 2.94. The summed E-state index contributed by atoms with van der Waals surface area (Å²) in [6.45, 7) is 6.90. The summed E-state index contributed by atoms with van der Waals surface area (Å²) in [4.78, 5) is 27.0. The van der Waals surface area contributed by atoms with Crippen molar-refractivity contribution < 1.29 is 13.9 Å². The lowest BCUT2D eigenvalue weighted by Crippen LogP contribution is -2.33. The van der Waals surface area contributed by atoms with Crippen molar-refractivity contribution in [2.45, 2.75) is 27.2 Å². The minimum Gasteiger partial charge on any atom is -0.493 e. The van der Waals surface area contributed by atoms with Crippen LogP contribution in [0.5, 0.6) is 5.75 Å². The normalized spacial score (nSPS) is 10.8. The molecule has 27 heavy (non-hydrogen) atoms. The van der Waals surface area contributed by atoms with Crippen LogP contribution in [0.4, 0.5) is 5.69 Å². The zero-order valence-corrected chi connectivity index (χ0v) is 15.8. The molecule has 0 bridgehead atoms. The summed E-state index contributed by atoms with van der Waals surface area (Å²) in [6, 6.07) is 14.5. The fourth-order valence-corrected chi connectivity index (χ4v) is 2.94. The van der Waals surface area contributed by atoms with Crippen molar-refractivity contribution in [3.63, 3.8) is 0 Å². The third-order valence-electron chi connectivity index (χ3n) is 4.29. The minimum absolute atomic E-state index is 0.0214. The highest BCUT2D eigenvalue weighted by molar-refractivity contribution is 6.07. The first-order valence-electron chi connectivity index (χ1n) is 9.12. The van der Waals surface area contributed by atoms with E-state index in [1.165, 1.54) is 0 Å². The Kier molecular flexibility index (Phi) is 5.60. The molecule has 0 N–H and O–H groups in total. The molecule has 3 rings (SSSR count). The van der Waals surface area contributed by atoms with E-state index < -0.39 is 5.63 Å². The number of nitrogens with zero attached hydrogens (tertiary/aromatic N) is 1. The summed E-state index contributed by atoms with van der Waals surface area (Å²) in [7, 11) is 0. The number of hydrogen-bond donors (Lipinski definition) is 0. The number of carbonyl (C=O) groups excluding carboxylic acids is 1. The van der Waals surface area contributed by atoms with Gasteiger partial charge in [0.1, 0.15) is 16.9 Å². The van der Waals surface area contributed by atoms with Crippen LogP contribution < -0.4 is 15.3 Å². The maximum Gasteiger partial charge on any atom is 0.349 e. The van der Waals surface area contributed by atoms with E-state index in [0.29, 0.717) is 29.9 Å². The van der Waals surface area contributed by atoms with Gasteiger partial charge in [0.15, 0.2) is 0 Å². The smallest absolute Gasteiger partial charge is 0.349 e. The Balaban J connectivity index is 1.98. The molecule has 3 aromatic rings. The molecule has 5 heteroatoms. The van der Waals surface area contributed by atoms with Gasteiger partial charge in [0, 0.05) is 23.7 Å². The molecule has 0 aliphatic heterocycles. The molecular weight excluding hydrogens is 342 g/mol. The van der Waals surface area contributed by atoms with Gasteiger partial charge in [-0.3, -0.25) is 4.79 Å². The van der Waals surface area contributed by atoms with Gasteiger partial charge >= 0.3 is 5.63 Å². The largest absolute Gasteiger partial charge is 0.493 e. The van der Waals surface area contributed by atoms with Gasteiger partial charge in [-0.25, -0.2) is 4.79 Å². The molecule has 0 aliphatic carbocycles. The number of amides is 1. The Morgan fingerprint density at radius 1 is 1.11 bits per heavy atom. The first-order chi connectivity index (χ1) is 13.0. The summed E-state index contributed by atoms with van der Waals surface area (Å²) >= 11 is 0. The number of benzene rings is 2. The van der Waals surface area contributed by atoms with Crippen LogP contribution in [0.2, 0.25) is 0 Å². The number of rotatable bonds is 6. The Labute approximate surface area is 158 Å². The monoisotopic (exact) mass is 365 g/mol. The van der Waals surface area contributed by atoms with Gasteiger partial charge in [-0.2, -0.15) is 0 Å². The second-order valence-corrected chi connectivity index (χ2v) is 6.38. The van der Waals surface area contributed by atoms with E-state index in [1.807, 2.05) is 51.1 Å². The van der Waals surface area contributed by atoms with Crippen LogP contribution in [-0.2, 0) is 0 Å². The summed E-state index contributed by atoms with van der Waals surface area (Å²) in [5.41, 5.74) is 1.58. The Morgan fingerprint density at radius 3 is 2.63 bits per heavy atom.